The van der Waals surface area contributed by atoms with Crippen LogP contribution in [-0.2, 0) is 4.79 Å². The predicted molar refractivity (Wildman–Crippen MR) is 136 cm³/mol. The predicted octanol–water partition coefficient (Wildman–Crippen LogP) is 3.87. The third-order valence-corrected chi connectivity index (χ3v) is 7.36. The number of carbonyl (C=O) groups excluding carboxylic acids is 2. The van der Waals surface area contributed by atoms with Gasteiger partial charge in [0.25, 0.3) is 5.91 Å². The van der Waals surface area contributed by atoms with E-state index in [2.05, 4.69) is 20.5 Å². The first-order valence-electron chi connectivity index (χ1n) is 12.5. The Hall–Kier alpha value is -3.36. The Morgan fingerprint density at radius 1 is 1.23 bits per heavy atom. The zero-order chi connectivity index (χ0) is 24.7. The molecule has 2 aliphatic carbocycles. The summed E-state index contributed by atoms with van der Waals surface area (Å²) in [5.74, 6) is 1.77. The van der Waals surface area contributed by atoms with E-state index in [0.717, 1.165) is 37.2 Å². The van der Waals surface area contributed by atoms with E-state index >= 15 is 0 Å². The monoisotopic (exact) mass is 478 g/mol. The number of aromatic nitrogens is 2. The van der Waals surface area contributed by atoms with Gasteiger partial charge in [-0.1, -0.05) is 12.8 Å². The summed E-state index contributed by atoms with van der Waals surface area (Å²) in [4.78, 5) is 39.2. The summed E-state index contributed by atoms with van der Waals surface area (Å²) >= 11 is 0. The van der Waals surface area contributed by atoms with E-state index in [1.807, 2.05) is 20.9 Å². The van der Waals surface area contributed by atoms with Crippen LogP contribution in [0.3, 0.4) is 0 Å². The van der Waals surface area contributed by atoms with E-state index in [9.17, 15) is 9.59 Å². The second-order valence-electron chi connectivity index (χ2n) is 10.3. The SMILES string of the molecule is COc1cc(C(=O)NC(C)C)ccc1Nc1ncc2c(n1)N(C1CCCC1)CC1(CC1)C(=O)N2C. The van der Waals surface area contributed by atoms with Crippen molar-refractivity contribution >= 4 is 35.0 Å². The maximum absolute atomic E-state index is 13.2. The van der Waals surface area contributed by atoms with E-state index in [-0.39, 0.29) is 23.3 Å². The third-order valence-electron chi connectivity index (χ3n) is 7.36. The molecule has 2 amide bonds. The van der Waals surface area contributed by atoms with Crippen molar-refractivity contribution in [2.75, 3.05) is 35.8 Å². The van der Waals surface area contributed by atoms with E-state index in [1.54, 1.807) is 36.4 Å². The number of amides is 2. The third kappa shape index (κ3) is 4.39. The van der Waals surface area contributed by atoms with E-state index < -0.39 is 0 Å². The van der Waals surface area contributed by atoms with Gasteiger partial charge in [-0.3, -0.25) is 9.59 Å². The largest absolute Gasteiger partial charge is 0.495 e. The highest BCUT2D eigenvalue weighted by molar-refractivity contribution is 6.03. The average Bonchev–Trinajstić information content (AvgIpc) is 3.45. The van der Waals surface area contributed by atoms with Crippen molar-refractivity contribution in [3.05, 3.63) is 30.0 Å². The second-order valence-corrected chi connectivity index (χ2v) is 10.3. The molecule has 1 aromatic heterocycles. The molecule has 2 saturated carbocycles. The van der Waals surface area contributed by atoms with Crippen LogP contribution in [0.5, 0.6) is 5.75 Å². The summed E-state index contributed by atoms with van der Waals surface area (Å²) < 4.78 is 5.55. The number of hydrogen-bond acceptors (Lipinski definition) is 7. The van der Waals surface area contributed by atoms with Crippen LogP contribution in [0, 0.1) is 5.41 Å². The molecule has 35 heavy (non-hydrogen) atoms. The lowest BCUT2D eigenvalue weighted by molar-refractivity contribution is -0.122. The van der Waals surface area contributed by atoms with Crippen molar-refractivity contribution in [2.24, 2.45) is 5.41 Å². The van der Waals surface area contributed by atoms with Gasteiger partial charge in [-0.15, -0.1) is 0 Å². The summed E-state index contributed by atoms with van der Waals surface area (Å²) in [7, 11) is 3.40. The van der Waals surface area contributed by atoms with Crippen LogP contribution in [0.1, 0.15) is 62.7 Å². The van der Waals surface area contributed by atoms with Crippen molar-refractivity contribution in [1.29, 1.82) is 0 Å². The van der Waals surface area contributed by atoms with Crippen molar-refractivity contribution in [3.63, 3.8) is 0 Å². The molecule has 5 rings (SSSR count). The Morgan fingerprint density at radius 2 is 1.97 bits per heavy atom. The molecule has 0 unspecified atom stereocenters. The molecule has 2 heterocycles. The first kappa shape index (κ1) is 23.4. The summed E-state index contributed by atoms with van der Waals surface area (Å²) in [6.45, 7) is 4.56. The standard InChI is InChI=1S/C26H34N6O3/c1-16(2)28-23(33)17-9-10-19(21(13-17)35-4)29-25-27-14-20-22(30-25)32(18-7-5-6-8-18)15-26(11-12-26)24(34)31(20)3/h9-10,13-14,16,18H,5-8,11-12,15H2,1-4H3,(H,28,33)(H,27,29,30). The van der Waals surface area contributed by atoms with Gasteiger partial charge in [-0.25, -0.2) is 4.98 Å². The molecule has 2 N–H and O–H groups in total. The summed E-state index contributed by atoms with van der Waals surface area (Å²) in [5.41, 5.74) is 1.65. The minimum atomic E-state index is -0.290. The number of anilines is 4. The van der Waals surface area contributed by atoms with Crippen LogP contribution in [0.25, 0.3) is 0 Å². The summed E-state index contributed by atoms with van der Waals surface area (Å²) in [5, 5.41) is 6.16. The van der Waals surface area contributed by atoms with Gasteiger partial charge in [0.1, 0.15) is 11.4 Å². The number of carbonyl (C=O) groups is 2. The van der Waals surface area contributed by atoms with Crippen molar-refractivity contribution in [2.45, 2.75) is 64.5 Å². The molecule has 186 valence electrons. The maximum Gasteiger partial charge on any atom is 0.251 e. The number of fused-ring (bicyclic) bond motifs is 1. The topological polar surface area (TPSA) is 99.7 Å². The summed E-state index contributed by atoms with van der Waals surface area (Å²) in [6.07, 6.45) is 8.25. The van der Waals surface area contributed by atoms with Crippen LogP contribution in [0.2, 0.25) is 0 Å². The van der Waals surface area contributed by atoms with E-state index in [0.29, 0.717) is 35.5 Å². The van der Waals surface area contributed by atoms with Gasteiger partial charge in [0, 0.05) is 31.2 Å². The van der Waals surface area contributed by atoms with Gasteiger partial charge in [-0.2, -0.15) is 4.98 Å². The van der Waals surface area contributed by atoms with Gasteiger partial charge in [0.05, 0.1) is 24.4 Å². The van der Waals surface area contributed by atoms with Gasteiger partial charge in [0.15, 0.2) is 5.82 Å². The molecule has 1 aromatic carbocycles. The molecule has 0 atom stereocenters. The molecule has 9 nitrogen and oxygen atoms in total. The molecule has 0 saturated heterocycles. The molecule has 1 spiro atoms. The van der Waals surface area contributed by atoms with Crippen LogP contribution in [0.15, 0.2) is 24.4 Å². The van der Waals surface area contributed by atoms with E-state index in [1.165, 1.54) is 12.8 Å². The Labute approximate surface area is 206 Å². The van der Waals surface area contributed by atoms with Gasteiger partial charge < -0.3 is 25.2 Å². The fourth-order valence-electron chi connectivity index (χ4n) is 5.25. The highest BCUT2D eigenvalue weighted by Gasteiger charge is 2.55. The molecule has 9 heteroatoms. The summed E-state index contributed by atoms with van der Waals surface area (Å²) in [6, 6.07) is 5.69. The van der Waals surface area contributed by atoms with Crippen molar-refractivity contribution in [1.82, 2.24) is 15.3 Å². The first-order valence-corrected chi connectivity index (χ1v) is 12.5. The van der Waals surface area contributed by atoms with Crippen LogP contribution in [0.4, 0.5) is 23.1 Å². The molecule has 0 bridgehead atoms. The van der Waals surface area contributed by atoms with Gasteiger partial charge >= 0.3 is 0 Å². The first-order chi connectivity index (χ1) is 16.8. The smallest absolute Gasteiger partial charge is 0.251 e. The Bertz CT molecular complexity index is 1140. The fraction of sp³-hybridized carbons (Fsp3) is 0.538. The van der Waals surface area contributed by atoms with Crippen LogP contribution >= 0.6 is 0 Å². The molecular weight excluding hydrogens is 444 g/mol. The van der Waals surface area contributed by atoms with Gasteiger partial charge in [0.2, 0.25) is 11.9 Å². The Kier molecular flexibility index (Phi) is 6.02. The highest BCUT2D eigenvalue weighted by Crippen LogP contribution is 2.52. The zero-order valence-corrected chi connectivity index (χ0v) is 20.9. The zero-order valence-electron chi connectivity index (χ0n) is 20.9. The molecule has 1 aliphatic heterocycles. The quantitative estimate of drug-likeness (QED) is 0.650. The Morgan fingerprint density at radius 3 is 2.63 bits per heavy atom. The highest BCUT2D eigenvalue weighted by atomic mass is 16.5. The van der Waals surface area contributed by atoms with Crippen LogP contribution < -0.4 is 25.2 Å². The normalized spacial score (nSPS) is 19.1. The number of nitrogens with one attached hydrogen (secondary N) is 2. The number of nitrogens with zero attached hydrogens (tertiary/aromatic N) is 4. The van der Waals surface area contributed by atoms with Gasteiger partial charge in [-0.05, 0) is 57.7 Å². The number of rotatable bonds is 6. The minimum Gasteiger partial charge on any atom is -0.495 e. The number of hydrogen-bond donors (Lipinski definition) is 2. The molecule has 2 fully saturated rings. The van der Waals surface area contributed by atoms with Crippen LogP contribution in [-0.4, -0.2) is 54.6 Å². The Balaban J connectivity index is 1.47. The second kappa shape index (κ2) is 9.02. The lowest BCUT2D eigenvalue weighted by Crippen LogP contribution is -2.41. The molecular formula is C26H34N6O3. The lowest BCUT2D eigenvalue weighted by atomic mass is 10.0. The maximum atomic E-state index is 13.2. The molecule has 0 radical (unpaired) electrons. The number of methoxy groups -OCH3 is 1. The average molecular weight is 479 g/mol. The molecule has 3 aliphatic rings. The fourth-order valence-corrected chi connectivity index (χ4v) is 5.25. The minimum absolute atomic E-state index is 0.0434. The number of ether oxygens (including phenoxy) is 1. The number of benzene rings is 1. The molecule has 2 aromatic rings. The van der Waals surface area contributed by atoms with Crippen molar-refractivity contribution in [3.8, 4) is 5.75 Å². The van der Waals surface area contributed by atoms with Crippen molar-refractivity contribution < 1.29 is 14.3 Å². The lowest BCUT2D eigenvalue weighted by Gasteiger charge is -2.31. The van der Waals surface area contributed by atoms with E-state index in [4.69, 9.17) is 9.72 Å².